The lowest BCUT2D eigenvalue weighted by atomic mass is 9.97. The highest BCUT2D eigenvalue weighted by Gasteiger charge is 2.22. The molecule has 0 unspecified atom stereocenters. The molecule has 1 heterocycles. The van der Waals surface area contributed by atoms with Crippen LogP contribution in [0.2, 0.25) is 0 Å². The van der Waals surface area contributed by atoms with Gasteiger partial charge in [0.1, 0.15) is 12.4 Å². The number of carbonyl (C=O) groups excluding carboxylic acids is 1. The lowest BCUT2D eigenvalue weighted by Crippen LogP contribution is -2.06. The summed E-state index contributed by atoms with van der Waals surface area (Å²) < 4.78 is 32.4. The summed E-state index contributed by atoms with van der Waals surface area (Å²) in [5.41, 5.74) is 3.03. The van der Waals surface area contributed by atoms with Crippen molar-refractivity contribution in [3.63, 3.8) is 0 Å². The van der Waals surface area contributed by atoms with Crippen LogP contribution in [0.5, 0.6) is 5.75 Å². The summed E-state index contributed by atoms with van der Waals surface area (Å²) in [5.74, 6) is 0.527. The van der Waals surface area contributed by atoms with Gasteiger partial charge in [0.05, 0.1) is 18.4 Å². The largest absolute Gasteiger partial charge is 0.488 e. The Morgan fingerprint density at radius 3 is 2.71 bits per heavy atom. The fourth-order valence-corrected chi connectivity index (χ4v) is 3.11. The molecule has 0 saturated heterocycles. The van der Waals surface area contributed by atoms with E-state index in [0.717, 1.165) is 17.4 Å². The third kappa shape index (κ3) is 3.83. The first kappa shape index (κ1) is 16.7. The molecule has 6 heteroatoms. The maximum Gasteiger partial charge on any atom is 0.264 e. The predicted octanol–water partition coefficient (Wildman–Crippen LogP) is 2.72. The van der Waals surface area contributed by atoms with Gasteiger partial charge < -0.3 is 4.74 Å². The Morgan fingerprint density at radius 2 is 1.92 bits per heavy atom. The topological polar surface area (TPSA) is 69.7 Å². The molecule has 3 rings (SSSR count). The molecule has 0 spiro atoms. The van der Waals surface area contributed by atoms with Crippen LogP contribution in [0, 0.1) is 0 Å². The second kappa shape index (κ2) is 6.75. The summed E-state index contributed by atoms with van der Waals surface area (Å²) in [4.78, 5) is 12.8. The lowest BCUT2D eigenvalue weighted by molar-refractivity contribution is 0.103. The molecular weight excluding hydrogens is 328 g/mol. The van der Waals surface area contributed by atoms with E-state index in [0.29, 0.717) is 36.3 Å². The van der Waals surface area contributed by atoms with E-state index >= 15 is 0 Å². The van der Waals surface area contributed by atoms with Crippen LogP contribution in [-0.4, -0.2) is 27.1 Å². The maximum atomic E-state index is 12.8. The van der Waals surface area contributed by atoms with Crippen LogP contribution < -0.4 is 4.74 Å². The van der Waals surface area contributed by atoms with E-state index in [2.05, 4.69) is 0 Å². The van der Waals surface area contributed by atoms with Gasteiger partial charge in [0, 0.05) is 11.1 Å². The zero-order valence-corrected chi connectivity index (χ0v) is 14.1. The van der Waals surface area contributed by atoms with Crippen molar-refractivity contribution in [2.45, 2.75) is 19.4 Å². The average molecular weight is 346 g/mol. The van der Waals surface area contributed by atoms with Gasteiger partial charge in [0.15, 0.2) is 5.78 Å². The van der Waals surface area contributed by atoms with Gasteiger partial charge in [-0.25, -0.2) is 0 Å². The molecule has 0 bridgehead atoms. The molecule has 1 aliphatic rings. The van der Waals surface area contributed by atoms with Gasteiger partial charge in [-0.3, -0.25) is 8.98 Å². The van der Waals surface area contributed by atoms with Gasteiger partial charge in [-0.05, 0) is 30.5 Å². The maximum absolute atomic E-state index is 12.8. The van der Waals surface area contributed by atoms with E-state index in [1.165, 1.54) is 0 Å². The summed E-state index contributed by atoms with van der Waals surface area (Å²) >= 11 is 0. The monoisotopic (exact) mass is 346 g/mol. The van der Waals surface area contributed by atoms with Gasteiger partial charge in [0.2, 0.25) is 0 Å². The van der Waals surface area contributed by atoms with Crippen LogP contribution in [0.1, 0.15) is 33.5 Å². The van der Waals surface area contributed by atoms with E-state index in [9.17, 15) is 13.2 Å². The van der Waals surface area contributed by atoms with Crippen LogP contribution in [0.25, 0.3) is 0 Å². The standard InChI is InChI=1S/C18H18O5S/c1-24(20,21)23-10-4-5-13-8-9-17-16(11-13)18(19)15-7-3-2-6-14(15)12-22-17/h2-3,6-9,11H,4-5,10,12H2,1H3. The second-order valence-electron chi connectivity index (χ2n) is 5.74. The number of ketones is 1. The molecule has 2 aromatic rings. The first-order valence-corrected chi connectivity index (χ1v) is 9.48. The van der Waals surface area contributed by atoms with Crippen LogP contribution >= 0.6 is 0 Å². The van der Waals surface area contributed by atoms with Crippen molar-refractivity contribution in [2.24, 2.45) is 0 Å². The molecular formula is C18H18O5S. The van der Waals surface area contributed by atoms with Crippen LogP contribution in [0.3, 0.4) is 0 Å². The number of hydrogen-bond donors (Lipinski definition) is 0. The van der Waals surface area contributed by atoms with E-state index in [-0.39, 0.29) is 12.4 Å². The highest BCUT2D eigenvalue weighted by molar-refractivity contribution is 7.85. The van der Waals surface area contributed by atoms with Crippen molar-refractivity contribution in [3.05, 3.63) is 64.7 Å². The molecule has 0 N–H and O–H groups in total. The number of carbonyl (C=O) groups is 1. The molecule has 24 heavy (non-hydrogen) atoms. The molecule has 0 aromatic heterocycles. The normalized spacial score (nSPS) is 13.6. The van der Waals surface area contributed by atoms with Crippen LogP contribution in [0.15, 0.2) is 42.5 Å². The number of benzene rings is 2. The minimum atomic E-state index is -3.41. The van der Waals surface area contributed by atoms with Gasteiger partial charge >= 0.3 is 0 Å². The minimum absolute atomic E-state index is 0.0488. The Morgan fingerprint density at radius 1 is 1.12 bits per heavy atom. The number of hydrogen-bond acceptors (Lipinski definition) is 5. The van der Waals surface area contributed by atoms with Crippen molar-refractivity contribution in [2.75, 3.05) is 12.9 Å². The molecule has 0 amide bonds. The van der Waals surface area contributed by atoms with Crippen molar-refractivity contribution >= 4 is 15.9 Å². The zero-order chi connectivity index (χ0) is 17.2. The minimum Gasteiger partial charge on any atom is -0.488 e. The fraction of sp³-hybridized carbons (Fsp3) is 0.278. The average Bonchev–Trinajstić information content (AvgIpc) is 2.69. The molecule has 0 aliphatic carbocycles. The van der Waals surface area contributed by atoms with Gasteiger partial charge in [-0.15, -0.1) is 0 Å². The summed E-state index contributed by atoms with van der Waals surface area (Å²) in [6.45, 7) is 0.500. The van der Waals surface area contributed by atoms with Crippen LogP contribution in [-0.2, 0) is 27.3 Å². The Hall–Kier alpha value is -2.18. The van der Waals surface area contributed by atoms with Gasteiger partial charge in [-0.1, -0.05) is 30.3 Å². The quantitative estimate of drug-likeness (QED) is 0.615. The highest BCUT2D eigenvalue weighted by atomic mass is 32.2. The Kier molecular flexibility index (Phi) is 4.69. The summed E-state index contributed by atoms with van der Waals surface area (Å²) in [6, 6.07) is 12.9. The van der Waals surface area contributed by atoms with Crippen molar-refractivity contribution in [3.8, 4) is 5.75 Å². The SMILES string of the molecule is CS(=O)(=O)OCCCc1ccc2c(c1)C(=O)c1ccccc1CO2. The predicted molar refractivity (Wildman–Crippen MR) is 89.8 cm³/mol. The number of rotatable bonds is 5. The zero-order valence-electron chi connectivity index (χ0n) is 13.3. The first-order valence-electron chi connectivity index (χ1n) is 7.67. The Bertz CT molecular complexity index is 871. The van der Waals surface area contributed by atoms with Gasteiger partial charge in [-0.2, -0.15) is 8.42 Å². The first-order chi connectivity index (χ1) is 11.4. The number of ether oxygens (including phenoxy) is 1. The van der Waals surface area contributed by atoms with Gasteiger partial charge in [0.25, 0.3) is 10.1 Å². The van der Waals surface area contributed by atoms with Crippen molar-refractivity contribution < 1.29 is 22.1 Å². The smallest absolute Gasteiger partial charge is 0.264 e. The van der Waals surface area contributed by atoms with Crippen LogP contribution in [0.4, 0.5) is 0 Å². The summed E-state index contributed by atoms with van der Waals surface area (Å²) in [5, 5.41) is 0. The Balaban J connectivity index is 1.78. The molecule has 5 nitrogen and oxygen atoms in total. The van der Waals surface area contributed by atoms with Crippen molar-refractivity contribution in [1.82, 2.24) is 0 Å². The molecule has 0 radical (unpaired) electrons. The lowest BCUT2D eigenvalue weighted by Gasteiger charge is -2.08. The molecule has 1 aliphatic heterocycles. The molecule has 2 aromatic carbocycles. The van der Waals surface area contributed by atoms with E-state index in [1.54, 1.807) is 6.07 Å². The summed E-state index contributed by atoms with van der Waals surface area (Å²) in [7, 11) is -3.41. The second-order valence-corrected chi connectivity index (χ2v) is 7.38. The van der Waals surface area contributed by atoms with E-state index < -0.39 is 10.1 Å². The number of aryl methyl sites for hydroxylation is 1. The van der Waals surface area contributed by atoms with Crippen molar-refractivity contribution in [1.29, 1.82) is 0 Å². The third-order valence-corrected chi connectivity index (χ3v) is 4.44. The van der Waals surface area contributed by atoms with E-state index in [1.807, 2.05) is 36.4 Å². The Labute approximate surface area is 141 Å². The molecule has 0 atom stereocenters. The molecule has 0 saturated carbocycles. The third-order valence-electron chi connectivity index (χ3n) is 3.84. The highest BCUT2D eigenvalue weighted by Crippen LogP contribution is 2.29. The summed E-state index contributed by atoms with van der Waals surface area (Å²) in [6.07, 6.45) is 2.21. The molecule has 126 valence electrons. The fourth-order valence-electron chi connectivity index (χ4n) is 2.69. The molecule has 0 fully saturated rings. The number of fused-ring (bicyclic) bond motifs is 2. The van der Waals surface area contributed by atoms with E-state index in [4.69, 9.17) is 8.92 Å².